The Balaban J connectivity index is 1.96. The molecule has 0 amide bonds. The molecule has 0 aliphatic carbocycles. The maximum Gasteiger partial charge on any atom is 0.309 e. The standard InChI is InChI=1S/C28H46O4/c1-7-10-21(4)28-25(31-28)17-20(3)12-9-14-23(6)27-22(5)13-8-11-19(2)15-16-24(29)18-26(30)32-27/h8-9,12-14,19-22,24-25,27-29H,7,10-11,15-18H2,1-6H3/b12-9+,13-8+,23-14+/t19?,20?,21-,22+,24-,25-,27+,28-/m1/s1. The van der Waals surface area contributed by atoms with Gasteiger partial charge >= 0.3 is 5.97 Å². The molecule has 8 atom stereocenters. The molecule has 0 bridgehead atoms. The molecule has 2 aliphatic rings. The van der Waals surface area contributed by atoms with Crippen LogP contribution in [0.25, 0.3) is 0 Å². The Hall–Kier alpha value is -1.39. The number of rotatable bonds is 8. The van der Waals surface area contributed by atoms with Gasteiger partial charge in [0.2, 0.25) is 0 Å². The lowest BCUT2D eigenvalue weighted by molar-refractivity contribution is -0.151. The Kier molecular flexibility index (Phi) is 11.2. The number of cyclic esters (lactones) is 1. The Morgan fingerprint density at radius 1 is 1.28 bits per heavy atom. The summed E-state index contributed by atoms with van der Waals surface area (Å²) in [6.45, 7) is 13.1. The third-order valence-corrected chi connectivity index (χ3v) is 6.89. The number of epoxide rings is 1. The second-order valence-electron chi connectivity index (χ2n) is 10.4. The summed E-state index contributed by atoms with van der Waals surface area (Å²) < 4.78 is 11.7. The number of hydrogen-bond acceptors (Lipinski definition) is 4. The van der Waals surface area contributed by atoms with Crippen LogP contribution in [0.4, 0.5) is 0 Å². The highest BCUT2D eigenvalue weighted by Gasteiger charge is 2.42. The van der Waals surface area contributed by atoms with Gasteiger partial charge in [-0.05, 0) is 62.4 Å². The molecule has 1 N–H and O–H groups in total. The molecule has 0 aromatic carbocycles. The number of carbonyl (C=O) groups is 1. The van der Waals surface area contributed by atoms with Crippen LogP contribution in [0.3, 0.4) is 0 Å². The Morgan fingerprint density at radius 3 is 2.75 bits per heavy atom. The molecule has 2 heterocycles. The van der Waals surface area contributed by atoms with E-state index in [2.05, 4.69) is 65.0 Å². The predicted molar refractivity (Wildman–Crippen MR) is 131 cm³/mol. The minimum atomic E-state index is -0.622. The second-order valence-corrected chi connectivity index (χ2v) is 10.4. The van der Waals surface area contributed by atoms with Crippen molar-refractivity contribution in [3.8, 4) is 0 Å². The zero-order valence-corrected chi connectivity index (χ0v) is 21.1. The summed E-state index contributed by atoms with van der Waals surface area (Å²) in [6.07, 6.45) is 16.7. The Bertz CT molecular complexity index is 664. The van der Waals surface area contributed by atoms with E-state index < -0.39 is 6.10 Å². The lowest BCUT2D eigenvalue weighted by Gasteiger charge is -2.24. The molecule has 0 spiro atoms. The summed E-state index contributed by atoms with van der Waals surface area (Å²) in [5.74, 6) is 1.36. The summed E-state index contributed by atoms with van der Waals surface area (Å²) in [5, 5.41) is 10.2. The van der Waals surface area contributed by atoms with Crippen molar-refractivity contribution < 1.29 is 19.4 Å². The molecule has 0 radical (unpaired) electrons. The first-order valence-corrected chi connectivity index (χ1v) is 12.8. The van der Waals surface area contributed by atoms with Gasteiger partial charge in [0.15, 0.2) is 0 Å². The van der Waals surface area contributed by atoms with Crippen molar-refractivity contribution in [3.05, 3.63) is 36.0 Å². The molecule has 4 heteroatoms. The van der Waals surface area contributed by atoms with E-state index in [0.29, 0.717) is 36.4 Å². The molecular weight excluding hydrogens is 400 g/mol. The number of hydrogen-bond donors (Lipinski definition) is 1. The van der Waals surface area contributed by atoms with Crippen molar-refractivity contribution in [1.82, 2.24) is 0 Å². The normalized spacial score (nSPS) is 35.5. The first kappa shape index (κ1) is 26.9. The largest absolute Gasteiger partial charge is 0.457 e. The van der Waals surface area contributed by atoms with Gasteiger partial charge in [0.05, 0.1) is 24.7 Å². The smallest absolute Gasteiger partial charge is 0.309 e. The maximum absolute atomic E-state index is 12.4. The van der Waals surface area contributed by atoms with Crippen LogP contribution in [0.5, 0.6) is 0 Å². The van der Waals surface area contributed by atoms with Gasteiger partial charge in [-0.15, -0.1) is 0 Å². The van der Waals surface area contributed by atoms with E-state index in [1.807, 2.05) is 6.92 Å². The van der Waals surface area contributed by atoms with Gasteiger partial charge in [0, 0.05) is 5.92 Å². The highest BCUT2D eigenvalue weighted by molar-refractivity contribution is 5.70. The maximum atomic E-state index is 12.4. The molecule has 0 saturated carbocycles. The molecule has 0 aromatic heterocycles. The van der Waals surface area contributed by atoms with Crippen molar-refractivity contribution in [2.24, 2.45) is 23.7 Å². The highest BCUT2D eigenvalue weighted by atomic mass is 16.6. The summed E-state index contributed by atoms with van der Waals surface area (Å²) in [5.41, 5.74) is 1.02. The van der Waals surface area contributed by atoms with Crippen LogP contribution >= 0.6 is 0 Å². The molecule has 1 saturated heterocycles. The third kappa shape index (κ3) is 9.23. The van der Waals surface area contributed by atoms with Gasteiger partial charge in [-0.25, -0.2) is 0 Å². The van der Waals surface area contributed by atoms with E-state index in [0.717, 1.165) is 24.8 Å². The summed E-state index contributed by atoms with van der Waals surface area (Å²) in [4.78, 5) is 12.4. The first-order chi connectivity index (χ1) is 15.2. The van der Waals surface area contributed by atoms with Gasteiger partial charge in [-0.2, -0.15) is 0 Å². The average molecular weight is 447 g/mol. The van der Waals surface area contributed by atoms with Crippen LogP contribution in [0.1, 0.15) is 86.5 Å². The van der Waals surface area contributed by atoms with Crippen LogP contribution < -0.4 is 0 Å². The number of carbonyl (C=O) groups excluding carboxylic acids is 1. The van der Waals surface area contributed by atoms with E-state index in [1.54, 1.807) is 0 Å². The molecular formula is C28H46O4. The topological polar surface area (TPSA) is 59.1 Å². The molecule has 1 fully saturated rings. The van der Waals surface area contributed by atoms with Crippen molar-refractivity contribution in [1.29, 1.82) is 0 Å². The zero-order valence-electron chi connectivity index (χ0n) is 21.1. The van der Waals surface area contributed by atoms with Crippen molar-refractivity contribution in [3.63, 3.8) is 0 Å². The zero-order chi connectivity index (χ0) is 23.7. The fourth-order valence-electron chi connectivity index (χ4n) is 4.72. The molecule has 182 valence electrons. The quantitative estimate of drug-likeness (QED) is 0.203. The minimum absolute atomic E-state index is 0.0683. The monoisotopic (exact) mass is 446 g/mol. The first-order valence-electron chi connectivity index (χ1n) is 12.8. The molecule has 2 rings (SSSR count). The van der Waals surface area contributed by atoms with Gasteiger partial charge in [0.1, 0.15) is 6.10 Å². The lowest BCUT2D eigenvalue weighted by atomic mass is 9.93. The molecule has 0 aromatic rings. The van der Waals surface area contributed by atoms with E-state index in [-0.39, 0.29) is 24.4 Å². The number of aliphatic hydroxyl groups excluding tert-OH is 1. The molecule has 32 heavy (non-hydrogen) atoms. The van der Waals surface area contributed by atoms with Gasteiger partial charge in [-0.3, -0.25) is 4.79 Å². The van der Waals surface area contributed by atoms with Crippen molar-refractivity contribution in [2.45, 2.75) is 111 Å². The molecule has 4 nitrogen and oxygen atoms in total. The van der Waals surface area contributed by atoms with E-state index in [9.17, 15) is 9.90 Å². The van der Waals surface area contributed by atoms with Crippen molar-refractivity contribution in [2.75, 3.05) is 0 Å². The number of ether oxygens (including phenoxy) is 2. The van der Waals surface area contributed by atoms with E-state index >= 15 is 0 Å². The summed E-state index contributed by atoms with van der Waals surface area (Å²) in [7, 11) is 0. The van der Waals surface area contributed by atoms with Crippen LogP contribution in [0.15, 0.2) is 36.0 Å². The number of esters is 1. The van der Waals surface area contributed by atoms with Crippen molar-refractivity contribution >= 4 is 5.97 Å². The Labute approximate surface area is 196 Å². The van der Waals surface area contributed by atoms with Crippen LogP contribution in [-0.4, -0.2) is 35.5 Å². The highest BCUT2D eigenvalue weighted by Crippen LogP contribution is 2.36. The Morgan fingerprint density at radius 2 is 2.03 bits per heavy atom. The fraction of sp³-hybridized carbons (Fsp3) is 0.750. The van der Waals surface area contributed by atoms with Gasteiger partial charge in [-0.1, -0.05) is 71.4 Å². The molecule has 2 aliphatic heterocycles. The average Bonchev–Trinajstić information content (AvgIpc) is 3.48. The number of aliphatic hydroxyl groups is 1. The third-order valence-electron chi connectivity index (χ3n) is 6.89. The summed E-state index contributed by atoms with van der Waals surface area (Å²) >= 11 is 0. The van der Waals surface area contributed by atoms with Crippen LogP contribution in [0.2, 0.25) is 0 Å². The van der Waals surface area contributed by atoms with Crippen LogP contribution in [0, 0.1) is 23.7 Å². The minimum Gasteiger partial charge on any atom is -0.457 e. The van der Waals surface area contributed by atoms with Crippen LogP contribution in [-0.2, 0) is 14.3 Å². The van der Waals surface area contributed by atoms with Gasteiger partial charge in [0.25, 0.3) is 0 Å². The predicted octanol–water partition coefficient (Wildman–Crippen LogP) is 6.39. The van der Waals surface area contributed by atoms with E-state index in [1.165, 1.54) is 12.8 Å². The lowest BCUT2D eigenvalue weighted by Crippen LogP contribution is -2.28. The fourth-order valence-corrected chi connectivity index (χ4v) is 4.72. The SMILES string of the molecule is CCC[C@@H](C)[C@H]1O[C@@H]1CC(C)/C=C/C=C(\C)[C@H]1OC(=O)C[C@H](O)CCC(C)C/C=C/[C@@H]1C. The van der Waals surface area contributed by atoms with E-state index in [4.69, 9.17) is 9.47 Å². The molecule has 2 unspecified atom stereocenters. The second kappa shape index (κ2) is 13.3. The van der Waals surface area contributed by atoms with Gasteiger partial charge < -0.3 is 14.6 Å². The number of allylic oxidation sites excluding steroid dienone is 4. The summed E-state index contributed by atoms with van der Waals surface area (Å²) in [6, 6.07) is 0.